The van der Waals surface area contributed by atoms with Crippen molar-refractivity contribution in [3.63, 3.8) is 0 Å². The highest BCUT2D eigenvalue weighted by atomic mass is 16.6. The molecule has 2 aromatic rings. The Balaban J connectivity index is 1.70. The van der Waals surface area contributed by atoms with Gasteiger partial charge in [0.05, 0.1) is 6.61 Å². The monoisotopic (exact) mass is 539 g/mol. The number of hydrazine groups is 1. The van der Waals surface area contributed by atoms with Gasteiger partial charge in [0.15, 0.2) is 5.54 Å². The first-order valence-corrected chi connectivity index (χ1v) is 13.5. The molecule has 0 aliphatic carbocycles. The number of amides is 1. The maximum absolute atomic E-state index is 13.5. The van der Waals surface area contributed by atoms with Gasteiger partial charge in [-0.1, -0.05) is 30.3 Å². The lowest BCUT2D eigenvalue weighted by atomic mass is 9.88. The first-order chi connectivity index (χ1) is 18.6. The van der Waals surface area contributed by atoms with E-state index in [1.165, 1.54) is 5.56 Å². The quantitative estimate of drug-likeness (QED) is 0.190. The van der Waals surface area contributed by atoms with Gasteiger partial charge in [-0.25, -0.2) is 10.4 Å². The summed E-state index contributed by atoms with van der Waals surface area (Å²) in [6.07, 6.45) is 1.80. The lowest BCUT2D eigenvalue weighted by Gasteiger charge is -2.28. The van der Waals surface area contributed by atoms with Gasteiger partial charge in [0.1, 0.15) is 17.5 Å². The van der Waals surface area contributed by atoms with Crippen LogP contribution in [0.4, 0.5) is 0 Å². The van der Waals surface area contributed by atoms with Gasteiger partial charge in [-0.15, -0.1) is 0 Å². The van der Waals surface area contributed by atoms with Crippen LogP contribution in [0.25, 0.3) is 0 Å². The Kier molecular flexibility index (Phi) is 10.9. The van der Waals surface area contributed by atoms with Crippen molar-refractivity contribution < 1.29 is 28.9 Å². The summed E-state index contributed by atoms with van der Waals surface area (Å²) in [6, 6.07) is 17.4. The zero-order valence-electron chi connectivity index (χ0n) is 23.4. The van der Waals surface area contributed by atoms with Crippen molar-refractivity contribution in [2.45, 2.75) is 77.0 Å². The summed E-state index contributed by atoms with van der Waals surface area (Å²) in [5, 5.41) is 8.93. The van der Waals surface area contributed by atoms with E-state index in [9.17, 15) is 9.59 Å². The first-order valence-electron chi connectivity index (χ1n) is 13.5. The fraction of sp³-hybridized carbons (Fsp3) is 0.500. The van der Waals surface area contributed by atoms with Gasteiger partial charge in [0.25, 0.3) is 5.91 Å². The Hall–Kier alpha value is -3.43. The largest absolute Gasteiger partial charge is 0.494 e. The van der Waals surface area contributed by atoms with Crippen LogP contribution in [0, 0.1) is 0 Å². The van der Waals surface area contributed by atoms with Crippen molar-refractivity contribution in [1.82, 2.24) is 10.9 Å². The molecule has 0 radical (unpaired) electrons. The number of carbonyl (C=O) groups is 2. The van der Waals surface area contributed by atoms with Gasteiger partial charge >= 0.3 is 5.97 Å². The lowest BCUT2D eigenvalue weighted by Crippen LogP contribution is -2.55. The predicted octanol–water partition coefficient (Wildman–Crippen LogP) is 3.73. The molecule has 0 saturated carbocycles. The van der Waals surface area contributed by atoms with Crippen LogP contribution in [0.2, 0.25) is 0 Å². The molecule has 3 N–H and O–H groups in total. The molecule has 0 bridgehead atoms. The Morgan fingerprint density at radius 2 is 1.79 bits per heavy atom. The molecule has 1 heterocycles. The highest BCUT2D eigenvalue weighted by Crippen LogP contribution is 2.33. The molecule has 0 unspecified atom stereocenters. The third-order valence-corrected chi connectivity index (χ3v) is 6.27. The van der Waals surface area contributed by atoms with Crippen LogP contribution in [0.3, 0.4) is 0 Å². The Morgan fingerprint density at radius 1 is 1.08 bits per heavy atom. The normalized spacial score (nSPS) is 18.7. The molecule has 2 atom stereocenters. The van der Waals surface area contributed by atoms with E-state index in [-0.39, 0.29) is 25.4 Å². The number of ether oxygens (including phenoxy) is 3. The van der Waals surface area contributed by atoms with Crippen LogP contribution >= 0.6 is 0 Å². The van der Waals surface area contributed by atoms with Gasteiger partial charge < -0.3 is 19.3 Å². The molecule has 0 aromatic heterocycles. The summed E-state index contributed by atoms with van der Waals surface area (Å²) in [5.74, 6) is 0.225. The average molecular weight is 540 g/mol. The van der Waals surface area contributed by atoms with E-state index < -0.39 is 23.2 Å². The SMILES string of the molecule is C[C@@H]1OC(c2ccc(OCCCO)cc2)=N[C@]1(CCC(=O)OC(C)(C)C)C(=O)NNCCCc1ccccc1. The number of aryl methyl sites for hydroxylation is 1. The maximum Gasteiger partial charge on any atom is 0.306 e. The van der Waals surface area contributed by atoms with Gasteiger partial charge in [-0.05, 0) is 76.8 Å². The number of rotatable bonds is 14. The molecule has 9 heteroatoms. The number of aliphatic imine (C=N–C) groups is 1. The number of benzene rings is 2. The number of aliphatic hydroxyl groups is 1. The van der Waals surface area contributed by atoms with Crippen LogP contribution < -0.4 is 15.6 Å². The van der Waals surface area contributed by atoms with Crippen LogP contribution in [-0.4, -0.2) is 59.9 Å². The Morgan fingerprint density at radius 3 is 2.46 bits per heavy atom. The van der Waals surface area contributed by atoms with Crippen molar-refractivity contribution in [2.75, 3.05) is 19.8 Å². The highest BCUT2D eigenvalue weighted by Gasteiger charge is 2.50. The molecule has 39 heavy (non-hydrogen) atoms. The second-order valence-electron chi connectivity index (χ2n) is 10.6. The summed E-state index contributed by atoms with van der Waals surface area (Å²) in [5.41, 5.74) is 5.80. The molecule has 2 aromatic carbocycles. The minimum absolute atomic E-state index is 0.0147. The summed E-state index contributed by atoms with van der Waals surface area (Å²) in [6.45, 7) is 8.26. The zero-order chi connectivity index (χ0) is 28.3. The molecule has 0 fully saturated rings. The molecule has 1 aliphatic rings. The Labute approximate surface area is 230 Å². The average Bonchev–Trinajstić information content (AvgIpc) is 3.24. The lowest BCUT2D eigenvalue weighted by molar-refractivity contribution is -0.155. The number of nitrogens with one attached hydrogen (secondary N) is 2. The van der Waals surface area contributed by atoms with Crippen LogP contribution in [-0.2, 0) is 25.5 Å². The number of aliphatic hydroxyl groups excluding tert-OH is 1. The minimum Gasteiger partial charge on any atom is -0.494 e. The van der Waals surface area contributed by atoms with Crippen molar-refractivity contribution in [3.05, 3.63) is 65.7 Å². The fourth-order valence-electron chi connectivity index (χ4n) is 4.21. The van der Waals surface area contributed by atoms with Crippen molar-refractivity contribution in [2.24, 2.45) is 4.99 Å². The molecule has 0 saturated heterocycles. The second-order valence-corrected chi connectivity index (χ2v) is 10.6. The summed E-state index contributed by atoms with van der Waals surface area (Å²) in [7, 11) is 0. The number of hydrogen-bond donors (Lipinski definition) is 3. The minimum atomic E-state index is -1.31. The third kappa shape index (κ3) is 9.07. The highest BCUT2D eigenvalue weighted by molar-refractivity contribution is 6.00. The number of nitrogens with zero attached hydrogens (tertiary/aromatic N) is 1. The predicted molar refractivity (Wildman–Crippen MR) is 149 cm³/mol. The molecule has 1 amide bonds. The smallest absolute Gasteiger partial charge is 0.306 e. The van der Waals surface area contributed by atoms with E-state index in [4.69, 9.17) is 24.3 Å². The maximum atomic E-state index is 13.5. The van der Waals surface area contributed by atoms with Gasteiger partial charge in [-0.2, -0.15) is 0 Å². The summed E-state index contributed by atoms with van der Waals surface area (Å²) in [4.78, 5) is 30.8. The Bertz CT molecular complexity index is 1100. The van der Waals surface area contributed by atoms with Crippen molar-refractivity contribution in [3.8, 4) is 5.75 Å². The van der Waals surface area contributed by atoms with E-state index >= 15 is 0 Å². The molecule has 0 spiro atoms. The van der Waals surface area contributed by atoms with E-state index in [0.717, 1.165) is 12.8 Å². The molecular formula is C30H41N3O6. The van der Waals surface area contributed by atoms with Gasteiger partial charge in [0.2, 0.25) is 5.90 Å². The van der Waals surface area contributed by atoms with E-state index in [2.05, 4.69) is 23.0 Å². The van der Waals surface area contributed by atoms with Gasteiger partial charge in [-0.3, -0.25) is 15.0 Å². The first kappa shape index (κ1) is 30.1. The molecular weight excluding hydrogens is 498 g/mol. The summed E-state index contributed by atoms with van der Waals surface area (Å²) < 4.78 is 17.1. The van der Waals surface area contributed by atoms with Crippen LogP contribution in [0.15, 0.2) is 59.6 Å². The van der Waals surface area contributed by atoms with Crippen molar-refractivity contribution in [1.29, 1.82) is 0 Å². The standard InChI is InChI=1S/C30H41N3O6/c1-22-30(18-17-26(35)39-29(2,3)4,28(36)33-31-19-8-12-23-10-6-5-7-11-23)32-27(38-22)24-13-15-25(16-14-24)37-21-9-20-34/h5-7,10-11,13-16,22,31,34H,8-9,12,17-21H2,1-4H3,(H,33,36)/t22-,30-/m0/s1. The van der Waals surface area contributed by atoms with E-state index in [1.54, 1.807) is 19.1 Å². The molecule has 9 nitrogen and oxygen atoms in total. The molecule has 3 rings (SSSR count). The number of hydrogen-bond acceptors (Lipinski definition) is 8. The van der Waals surface area contributed by atoms with Crippen molar-refractivity contribution >= 4 is 17.8 Å². The topological polar surface area (TPSA) is 118 Å². The zero-order valence-corrected chi connectivity index (χ0v) is 23.4. The molecule has 1 aliphatic heterocycles. The van der Waals surface area contributed by atoms with Gasteiger partial charge in [0, 0.05) is 31.6 Å². The van der Waals surface area contributed by atoms with Crippen LogP contribution in [0.5, 0.6) is 5.75 Å². The summed E-state index contributed by atoms with van der Waals surface area (Å²) >= 11 is 0. The van der Waals surface area contributed by atoms with E-state index in [0.29, 0.717) is 36.8 Å². The third-order valence-electron chi connectivity index (χ3n) is 6.27. The van der Waals surface area contributed by atoms with Crippen LogP contribution in [0.1, 0.15) is 64.5 Å². The fourth-order valence-corrected chi connectivity index (χ4v) is 4.21. The van der Waals surface area contributed by atoms with E-state index in [1.807, 2.05) is 51.1 Å². The molecule has 212 valence electrons. The number of esters is 1. The second kappa shape index (κ2) is 14.1. The number of carbonyl (C=O) groups excluding carboxylic acids is 2.